The van der Waals surface area contributed by atoms with E-state index in [1.807, 2.05) is 30.3 Å². The third-order valence-electron chi connectivity index (χ3n) is 3.04. The molecule has 1 N–H and O–H groups in total. The quantitative estimate of drug-likeness (QED) is 0.666. The largest absolute Gasteiger partial charge is 0.297 e. The summed E-state index contributed by atoms with van der Waals surface area (Å²) in [5.41, 5.74) is 1.37. The highest BCUT2D eigenvalue weighted by Crippen LogP contribution is 2.29. The number of benzene rings is 1. The average molecular weight is 363 g/mol. The van der Waals surface area contributed by atoms with E-state index in [4.69, 9.17) is 11.6 Å². The fraction of sp³-hybridized carbons (Fsp3) is 0.0625. The van der Waals surface area contributed by atoms with E-state index in [2.05, 4.69) is 10.3 Å². The van der Waals surface area contributed by atoms with E-state index in [1.165, 1.54) is 29.6 Å². The average Bonchev–Trinajstić information content (AvgIpc) is 3.17. The number of nitrogens with zero attached hydrogens (tertiary/aromatic N) is 1. The number of carbonyl (C=O) groups is 2. The number of anilines is 1. The minimum atomic E-state index is -0.236. The number of nitrogens with one attached hydrogen (secondary N) is 1. The first-order chi connectivity index (χ1) is 11.0. The zero-order valence-electron chi connectivity index (χ0n) is 12.0. The second-order valence-electron chi connectivity index (χ2n) is 4.72. The molecule has 2 aromatic heterocycles. The molecule has 0 aliphatic carbocycles. The van der Waals surface area contributed by atoms with Crippen LogP contribution in [0.3, 0.4) is 0 Å². The monoisotopic (exact) mass is 362 g/mol. The van der Waals surface area contributed by atoms with Crippen LogP contribution in [-0.4, -0.2) is 16.7 Å². The number of hydrogen-bond acceptors (Lipinski definition) is 5. The van der Waals surface area contributed by atoms with Gasteiger partial charge in [0.25, 0.3) is 5.91 Å². The van der Waals surface area contributed by atoms with Gasteiger partial charge in [0.05, 0.1) is 4.88 Å². The number of amides is 1. The normalized spacial score (nSPS) is 10.5. The van der Waals surface area contributed by atoms with Crippen LogP contribution in [0.15, 0.2) is 41.8 Å². The number of thiazole rings is 1. The van der Waals surface area contributed by atoms with E-state index in [9.17, 15) is 9.59 Å². The molecule has 0 unspecified atom stereocenters. The van der Waals surface area contributed by atoms with Gasteiger partial charge in [-0.2, -0.15) is 0 Å². The van der Waals surface area contributed by atoms with Crippen molar-refractivity contribution >= 4 is 51.1 Å². The maximum absolute atomic E-state index is 12.3. The standard InChI is InChI=1S/C16H11ClN2O2S2/c1-9(20)12-8-22-16(18-12)19-15(21)14-7-6-13(23-14)10-2-4-11(17)5-3-10/h2-8H,1H3,(H,18,19,21). The summed E-state index contributed by atoms with van der Waals surface area (Å²) in [7, 11) is 0. The topological polar surface area (TPSA) is 59.1 Å². The zero-order valence-corrected chi connectivity index (χ0v) is 14.4. The second kappa shape index (κ2) is 6.62. The molecular formula is C16H11ClN2O2S2. The lowest BCUT2D eigenvalue weighted by Gasteiger charge is -1.99. The van der Waals surface area contributed by atoms with Crippen LogP contribution in [0.1, 0.15) is 27.1 Å². The molecule has 7 heteroatoms. The maximum atomic E-state index is 12.3. The van der Waals surface area contributed by atoms with Crippen molar-refractivity contribution in [3.63, 3.8) is 0 Å². The predicted octanol–water partition coefficient (Wildman–Crippen LogP) is 4.98. The van der Waals surface area contributed by atoms with Crippen molar-refractivity contribution in [2.75, 3.05) is 5.32 Å². The van der Waals surface area contributed by atoms with Crippen LogP contribution >= 0.6 is 34.3 Å². The number of hydrogen-bond donors (Lipinski definition) is 1. The van der Waals surface area contributed by atoms with Crippen LogP contribution in [0, 0.1) is 0 Å². The highest BCUT2D eigenvalue weighted by Gasteiger charge is 2.13. The molecule has 0 bridgehead atoms. The van der Waals surface area contributed by atoms with Crippen molar-refractivity contribution in [1.29, 1.82) is 0 Å². The molecule has 3 aromatic rings. The Balaban J connectivity index is 1.75. The minimum absolute atomic E-state index is 0.122. The molecule has 0 spiro atoms. The highest BCUT2D eigenvalue weighted by atomic mass is 35.5. The molecular weight excluding hydrogens is 352 g/mol. The van der Waals surface area contributed by atoms with E-state index in [1.54, 1.807) is 11.4 Å². The predicted molar refractivity (Wildman–Crippen MR) is 94.8 cm³/mol. The Morgan fingerprint density at radius 2 is 1.87 bits per heavy atom. The molecule has 4 nitrogen and oxygen atoms in total. The van der Waals surface area contributed by atoms with Crippen LogP contribution in [0.25, 0.3) is 10.4 Å². The van der Waals surface area contributed by atoms with Crippen molar-refractivity contribution in [2.24, 2.45) is 0 Å². The summed E-state index contributed by atoms with van der Waals surface area (Å²) in [6, 6.07) is 11.1. The number of rotatable bonds is 4. The highest BCUT2D eigenvalue weighted by molar-refractivity contribution is 7.17. The van der Waals surface area contributed by atoms with E-state index in [0.717, 1.165) is 10.4 Å². The van der Waals surface area contributed by atoms with Gasteiger partial charge in [0.2, 0.25) is 0 Å². The van der Waals surface area contributed by atoms with Gasteiger partial charge in [-0.3, -0.25) is 14.9 Å². The first-order valence-corrected chi connectivity index (χ1v) is 8.74. The Bertz CT molecular complexity index is 868. The SMILES string of the molecule is CC(=O)c1csc(NC(=O)c2ccc(-c3ccc(Cl)cc3)s2)n1. The number of ketones is 1. The second-order valence-corrected chi connectivity index (χ2v) is 7.10. The summed E-state index contributed by atoms with van der Waals surface area (Å²) in [5, 5.41) is 5.44. The van der Waals surface area contributed by atoms with Gasteiger partial charge in [0, 0.05) is 22.2 Å². The van der Waals surface area contributed by atoms with Crippen molar-refractivity contribution < 1.29 is 9.59 Å². The van der Waals surface area contributed by atoms with E-state index < -0.39 is 0 Å². The number of carbonyl (C=O) groups excluding carboxylic acids is 2. The minimum Gasteiger partial charge on any atom is -0.297 e. The first kappa shape index (κ1) is 15.9. The summed E-state index contributed by atoms with van der Waals surface area (Å²) in [5.74, 6) is -0.359. The van der Waals surface area contributed by atoms with Crippen molar-refractivity contribution in [2.45, 2.75) is 6.92 Å². The Morgan fingerprint density at radius 3 is 2.52 bits per heavy atom. The van der Waals surface area contributed by atoms with Gasteiger partial charge in [-0.05, 0) is 29.8 Å². The molecule has 116 valence electrons. The molecule has 3 rings (SSSR count). The first-order valence-electron chi connectivity index (χ1n) is 6.66. The van der Waals surface area contributed by atoms with Crippen molar-refractivity contribution in [1.82, 2.24) is 4.98 Å². The van der Waals surface area contributed by atoms with Crippen molar-refractivity contribution in [3.8, 4) is 10.4 Å². The number of aromatic nitrogens is 1. The number of thiophene rings is 1. The molecule has 0 saturated carbocycles. The Kier molecular flexibility index (Phi) is 4.56. The summed E-state index contributed by atoms with van der Waals surface area (Å²) in [6.45, 7) is 1.44. The van der Waals surface area contributed by atoms with Gasteiger partial charge in [0.1, 0.15) is 5.69 Å². The van der Waals surface area contributed by atoms with Gasteiger partial charge in [0.15, 0.2) is 10.9 Å². The van der Waals surface area contributed by atoms with E-state index >= 15 is 0 Å². The molecule has 0 aliphatic rings. The van der Waals surface area contributed by atoms with Gasteiger partial charge in [-0.15, -0.1) is 22.7 Å². The lowest BCUT2D eigenvalue weighted by Crippen LogP contribution is -2.10. The summed E-state index contributed by atoms with van der Waals surface area (Å²) < 4.78 is 0. The third kappa shape index (κ3) is 3.67. The lowest BCUT2D eigenvalue weighted by atomic mass is 10.2. The number of Topliss-reactive ketones (excluding diaryl/α,β-unsaturated/α-hetero) is 1. The maximum Gasteiger partial charge on any atom is 0.267 e. The van der Waals surface area contributed by atoms with Gasteiger partial charge >= 0.3 is 0 Å². The summed E-state index contributed by atoms with van der Waals surface area (Å²) in [6.07, 6.45) is 0. The van der Waals surface area contributed by atoms with E-state index in [-0.39, 0.29) is 11.7 Å². The number of halogens is 1. The summed E-state index contributed by atoms with van der Waals surface area (Å²) in [4.78, 5) is 29.1. The van der Waals surface area contributed by atoms with Crippen LogP contribution < -0.4 is 5.32 Å². The van der Waals surface area contributed by atoms with Crippen LogP contribution in [0.2, 0.25) is 5.02 Å². The molecule has 1 amide bonds. The molecule has 0 fully saturated rings. The third-order valence-corrected chi connectivity index (χ3v) is 5.19. The van der Waals surface area contributed by atoms with Crippen LogP contribution in [0.4, 0.5) is 5.13 Å². The van der Waals surface area contributed by atoms with E-state index in [0.29, 0.717) is 20.7 Å². The van der Waals surface area contributed by atoms with Gasteiger partial charge < -0.3 is 0 Å². The zero-order chi connectivity index (χ0) is 16.4. The van der Waals surface area contributed by atoms with Crippen LogP contribution in [-0.2, 0) is 0 Å². The summed E-state index contributed by atoms with van der Waals surface area (Å²) >= 11 is 8.50. The molecule has 0 saturated heterocycles. The Morgan fingerprint density at radius 1 is 1.13 bits per heavy atom. The molecule has 2 heterocycles. The molecule has 1 aromatic carbocycles. The molecule has 0 atom stereocenters. The lowest BCUT2D eigenvalue weighted by molar-refractivity contribution is 0.100. The van der Waals surface area contributed by atoms with Crippen molar-refractivity contribution in [3.05, 3.63) is 57.4 Å². The smallest absolute Gasteiger partial charge is 0.267 e. The van der Waals surface area contributed by atoms with Gasteiger partial charge in [-0.25, -0.2) is 4.98 Å². The Labute approximate surface area is 145 Å². The fourth-order valence-electron chi connectivity index (χ4n) is 1.88. The molecule has 23 heavy (non-hydrogen) atoms. The molecule has 0 aliphatic heterocycles. The molecule has 0 radical (unpaired) electrons. The van der Waals surface area contributed by atoms with Crippen LogP contribution in [0.5, 0.6) is 0 Å². The Hall–Kier alpha value is -2.02. The van der Waals surface area contributed by atoms with Gasteiger partial charge in [-0.1, -0.05) is 23.7 Å². The fourth-order valence-corrected chi connectivity index (χ4v) is 3.66.